The van der Waals surface area contributed by atoms with Crippen molar-refractivity contribution in [2.24, 2.45) is 0 Å². The third kappa shape index (κ3) is 10.3. The Bertz CT molecular complexity index is 1740. The summed E-state index contributed by atoms with van der Waals surface area (Å²) in [6, 6.07) is 7.46. The van der Waals surface area contributed by atoms with E-state index in [2.05, 4.69) is 25.4 Å². The van der Waals surface area contributed by atoms with Gasteiger partial charge in [-0.15, -0.1) is 0 Å². The molecular weight excluding hydrogens is 751 g/mol. The molecule has 0 radical (unpaired) electrons. The summed E-state index contributed by atoms with van der Waals surface area (Å²) in [6.07, 6.45) is -14.5. The quantitative estimate of drug-likeness (QED) is 0.0550. The van der Waals surface area contributed by atoms with Gasteiger partial charge in [0.25, 0.3) is 0 Å². The van der Waals surface area contributed by atoms with Crippen LogP contribution in [0, 0.1) is 0 Å². The first-order chi connectivity index (χ1) is 26.1. The van der Waals surface area contributed by atoms with Crippen LogP contribution in [0.3, 0.4) is 0 Å². The fourth-order valence-electron chi connectivity index (χ4n) is 5.94. The predicted octanol–water partition coefficient (Wildman–Crippen LogP) is -1.57. The Kier molecular flexibility index (Phi) is 14.5. The Morgan fingerprint density at radius 2 is 1.62 bits per heavy atom. The van der Waals surface area contributed by atoms with Crippen molar-refractivity contribution < 1.29 is 73.3 Å². The van der Waals surface area contributed by atoms with E-state index in [-0.39, 0.29) is 24.0 Å². The first-order valence-corrected chi connectivity index (χ1v) is 19.4. The minimum atomic E-state index is -3.83. The number of fused-ring (bicyclic) bond motifs is 1. The van der Waals surface area contributed by atoms with Gasteiger partial charge in [0.15, 0.2) is 24.0 Å². The number of aliphatic hydroxyl groups excluding tert-OH is 7. The molecule has 2 fully saturated rings. The van der Waals surface area contributed by atoms with Gasteiger partial charge in [-0.25, -0.2) is 20.0 Å². The average Bonchev–Trinajstić information content (AvgIpc) is 3.57. The van der Waals surface area contributed by atoms with Crippen LogP contribution < -0.4 is 14.9 Å². The number of aliphatic hydroxyl groups is 7. The van der Waals surface area contributed by atoms with Crippen LogP contribution in [0.2, 0.25) is 0 Å². The van der Waals surface area contributed by atoms with Gasteiger partial charge >= 0.3 is 13.5 Å². The van der Waals surface area contributed by atoms with Crippen molar-refractivity contribution >= 4 is 30.5 Å². The molecule has 2 aromatic heterocycles. The predicted molar refractivity (Wildman–Crippen MR) is 189 cm³/mol. The van der Waals surface area contributed by atoms with Gasteiger partial charge in [-0.05, 0) is 39.8 Å². The Hall–Kier alpha value is -3.41. The average molecular weight is 801 g/mol. The first kappa shape index (κ1) is 42.7. The number of imidazole rings is 1. The number of hydrogen-bond acceptors (Lipinski definition) is 19. The maximum absolute atomic E-state index is 14.0. The highest BCUT2D eigenvalue weighted by molar-refractivity contribution is 7.57. The van der Waals surface area contributed by atoms with Crippen LogP contribution in [0.4, 0.5) is 5.82 Å². The van der Waals surface area contributed by atoms with Crippen LogP contribution in [-0.2, 0) is 39.6 Å². The Balaban J connectivity index is 1.24. The van der Waals surface area contributed by atoms with Crippen LogP contribution in [0.5, 0.6) is 5.75 Å². The Morgan fingerprint density at radius 1 is 0.909 bits per heavy atom. The molecule has 0 saturated carbocycles. The highest BCUT2D eigenvalue weighted by Gasteiger charge is 2.50. The number of nitrogens with zero attached hydrogens (tertiary/aromatic N) is 4. The van der Waals surface area contributed by atoms with Gasteiger partial charge in [-0.3, -0.25) is 9.36 Å². The largest absolute Gasteiger partial charge is 0.462 e. The van der Waals surface area contributed by atoms with E-state index < -0.39 is 107 Å². The number of aromatic nitrogens is 4. The smallest absolute Gasteiger partial charge is 0.342 e. The third-order valence-electron chi connectivity index (χ3n) is 8.76. The van der Waals surface area contributed by atoms with Gasteiger partial charge < -0.3 is 73.8 Å². The van der Waals surface area contributed by atoms with Crippen molar-refractivity contribution in [3.63, 3.8) is 0 Å². The molecule has 2 aliphatic heterocycles. The zero-order valence-corrected chi connectivity index (χ0v) is 31.4. The summed E-state index contributed by atoms with van der Waals surface area (Å²) < 4.78 is 49.4. The summed E-state index contributed by atoms with van der Waals surface area (Å²) in [6.45, 7) is 5.35. The van der Waals surface area contributed by atoms with E-state index in [9.17, 15) is 45.1 Å². The summed E-state index contributed by atoms with van der Waals surface area (Å²) in [7, 11) is -3.83. The molecule has 0 spiro atoms. The van der Waals surface area contributed by atoms with Crippen LogP contribution >= 0.6 is 7.52 Å². The first-order valence-electron chi connectivity index (χ1n) is 17.6. The number of ether oxygens (including phenoxy) is 5. The van der Waals surface area contributed by atoms with Gasteiger partial charge in [0.2, 0.25) is 0 Å². The van der Waals surface area contributed by atoms with E-state index in [1.165, 1.54) is 19.6 Å². The molecular formula is C33H49N6O15P. The van der Waals surface area contributed by atoms with Crippen molar-refractivity contribution in [1.29, 1.82) is 0 Å². The molecule has 5 rings (SSSR count). The zero-order chi connectivity index (χ0) is 40.0. The second kappa shape index (κ2) is 18.7. The van der Waals surface area contributed by atoms with Crippen LogP contribution in [0.15, 0.2) is 43.0 Å². The van der Waals surface area contributed by atoms with Crippen molar-refractivity contribution in [3.05, 3.63) is 43.0 Å². The number of carbonyl (C=O) groups excluding carboxylic acids is 1. The lowest BCUT2D eigenvalue weighted by atomic mass is 9.96. The maximum Gasteiger partial charge on any atom is 0.342 e. The number of benzene rings is 1. The van der Waals surface area contributed by atoms with Crippen molar-refractivity contribution in [1.82, 2.24) is 24.6 Å². The topological polar surface area (TPSA) is 299 Å². The van der Waals surface area contributed by atoms with E-state index in [4.69, 9.17) is 28.2 Å². The number of para-hydroxylation sites is 1. The van der Waals surface area contributed by atoms with Crippen molar-refractivity contribution in [2.75, 3.05) is 24.9 Å². The Labute approximate surface area is 315 Å². The number of nitrogens with one attached hydrogen (secondary N) is 2. The molecule has 21 nitrogen and oxygen atoms in total. The molecule has 0 aliphatic carbocycles. The molecule has 1 aromatic carbocycles. The van der Waals surface area contributed by atoms with Crippen LogP contribution in [0.25, 0.3) is 11.2 Å². The van der Waals surface area contributed by atoms with Crippen LogP contribution in [-0.4, -0.2) is 160 Å². The number of hydrogen-bond donors (Lipinski definition) is 9. The number of carbonyl (C=O) groups is 1. The molecule has 4 heterocycles. The lowest BCUT2D eigenvalue weighted by Gasteiger charge is -2.46. The SMILES string of the molecule is CC(C)OC(=O)[C@H](C)NP(=O)(CO[C@H](C)Cn1cnc2c(NC3O[C@H](CO)[C@@H](O[C@@H]4O[C@H](CO)[C@H](O)[C@H](O)[C@H]4O)[C@H](O)[C@H]3O)ncnc21)Oc1ccccc1. The minimum Gasteiger partial charge on any atom is -0.462 e. The summed E-state index contributed by atoms with van der Waals surface area (Å²) in [5, 5.41) is 77.8. The molecule has 2 aliphatic rings. The van der Waals surface area contributed by atoms with E-state index in [0.29, 0.717) is 11.4 Å². The Morgan fingerprint density at radius 3 is 2.29 bits per heavy atom. The summed E-state index contributed by atoms with van der Waals surface area (Å²) >= 11 is 0. The summed E-state index contributed by atoms with van der Waals surface area (Å²) in [5.41, 5.74) is 0.561. The van der Waals surface area contributed by atoms with Gasteiger partial charge in [0, 0.05) is 0 Å². The molecule has 0 amide bonds. The monoisotopic (exact) mass is 800 g/mol. The highest BCUT2D eigenvalue weighted by Crippen LogP contribution is 2.44. The molecule has 0 bridgehead atoms. The molecule has 3 aromatic rings. The van der Waals surface area contributed by atoms with Gasteiger partial charge in [-0.2, -0.15) is 0 Å². The second-order valence-electron chi connectivity index (χ2n) is 13.5. The highest BCUT2D eigenvalue weighted by atomic mass is 31.2. The summed E-state index contributed by atoms with van der Waals surface area (Å²) in [5.74, 6) is -0.216. The molecule has 55 heavy (non-hydrogen) atoms. The van der Waals surface area contributed by atoms with E-state index in [1.807, 2.05) is 0 Å². The molecule has 22 heteroatoms. The number of rotatable bonds is 17. The van der Waals surface area contributed by atoms with E-state index in [0.717, 1.165) is 0 Å². The fraction of sp³-hybridized carbons (Fsp3) is 0.636. The van der Waals surface area contributed by atoms with Gasteiger partial charge in [-0.1, -0.05) is 18.2 Å². The van der Waals surface area contributed by atoms with E-state index in [1.54, 1.807) is 55.7 Å². The second-order valence-corrected chi connectivity index (χ2v) is 15.6. The summed E-state index contributed by atoms with van der Waals surface area (Å²) in [4.78, 5) is 25.4. The van der Waals surface area contributed by atoms with Gasteiger partial charge in [0.05, 0.1) is 38.3 Å². The number of esters is 1. The molecule has 306 valence electrons. The lowest BCUT2D eigenvalue weighted by molar-refractivity contribution is -0.340. The lowest BCUT2D eigenvalue weighted by Crippen LogP contribution is -2.65. The number of anilines is 1. The van der Waals surface area contributed by atoms with Crippen molar-refractivity contribution in [2.45, 2.75) is 114 Å². The molecule has 13 atom stereocenters. The third-order valence-corrected chi connectivity index (χ3v) is 10.5. The normalized spacial score (nSPS) is 30.8. The maximum atomic E-state index is 14.0. The minimum absolute atomic E-state index is 0.0887. The molecule has 2 saturated heterocycles. The van der Waals surface area contributed by atoms with Gasteiger partial charge in [0.1, 0.15) is 78.8 Å². The van der Waals surface area contributed by atoms with E-state index >= 15 is 0 Å². The molecule has 2 unspecified atom stereocenters. The zero-order valence-electron chi connectivity index (χ0n) is 30.5. The standard InChI is InChI=1S/C33H49N6O15P/c1-16(2)50-32(47)18(4)38-55(48,54-19-8-6-5-7-9-19)15-49-17(3)10-39-14-36-22-29(34-13-35-30(22)39)37-31-26(45)25(44)28(21(12-41)51-31)53-33-27(46)24(43)23(42)20(11-40)52-33/h5-9,13-14,16-18,20-21,23-28,31,33,40-46H,10-12,15H2,1-4H3,(H,38,48)(H,34,35,37)/t17-,18+,20-,21-,23+,24+,25-,26-,27-,28-,31?,33+,55?/m1/s1. The van der Waals surface area contributed by atoms with Crippen LogP contribution in [0.1, 0.15) is 27.7 Å². The van der Waals surface area contributed by atoms with Crippen molar-refractivity contribution in [3.8, 4) is 5.75 Å². The fourth-order valence-corrected chi connectivity index (χ4v) is 7.73. The molecule has 9 N–H and O–H groups in total.